The zero-order valence-electron chi connectivity index (χ0n) is 10.9. The third-order valence-corrected chi connectivity index (χ3v) is 4.35. The summed E-state index contributed by atoms with van der Waals surface area (Å²) in [5, 5.41) is 0. The van der Waals surface area contributed by atoms with E-state index in [4.69, 9.17) is 10.5 Å². The lowest BCUT2D eigenvalue weighted by molar-refractivity contribution is -0.0395. The second kappa shape index (κ2) is 5.28. The Hall–Kier alpha value is -1.23. The lowest BCUT2D eigenvalue weighted by Gasteiger charge is -2.42. The molecule has 0 aliphatic carbocycles. The highest BCUT2D eigenvalue weighted by molar-refractivity contribution is 9.10. The summed E-state index contributed by atoms with van der Waals surface area (Å²) < 4.78 is 20.5. The zero-order valence-corrected chi connectivity index (χ0v) is 12.5. The molecule has 2 nitrogen and oxygen atoms in total. The molecule has 4 heteroatoms. The summed E-state index contributed by atoms with van der Waals surface area (Å²) in [4.78, 5) is 0. The van der Waals surface area contributed by atoms with Crippen molar-refractivity contribution < 1.29 is 9.13 Å². The Morgan fingerprint density at radius 3 is 2.65 bits per heavy atom. The SMILES string of the molecule is NCc1cccc(C2(c3cc(Br)ccc3F)COC2)c1. The van der Waals surface area contributed by atoms with Gasteiger partial charge in [-0.05, 0) is 29.3 Å². The molecule has 20 heavy (non-hydrogen) atoms. The highest BCUT2D eigenvalue weighted by Gasteiger charge is 2.44. The van der Waals surface area contributed by atoms with Gasteiger partial charge in [-0.15, -0.1) is 0 Å². The summed E-state index contributed by atoms with van der Waals surface area (Å²) in [5.74, 6) is -0.199. The van der Waals surface area contributed by atoms with Crippen molar-refractivity contribution in [3.63, 3.8) is 0 Å². The van der Waals surface area contributed by atoms with E-state index in [1.54, 1.807) is 6.07 Å². The minimum absolute atomic E-state index is 0.199. The van der Waals surface area contributed by atoms with E-state index < -0.39 is 5.41 Å². The summed E-state index contributed by atoms with van der Waals surface area (Å²) in [6.07, 6.45) is 0. The van der Waals surface area contributed by atoms with Gasteiger partial charge in [-0.1, -0.05) is 40.2 Å². The Balaban J connectivity index is 2.13. The van der Waals surface area contributed by atoms with Crippen LogP contribution in [-0.4, -0.2) is 13.2 Å². The van der Waals surface area contributed by atoms with Gasteiger partial charge in [0.1, 0.15) is 5.82 Å². The molecule has 1 fully saturated rings. The predicted octanol–water partition coefficient (Wildman–Crippen LogP) is 3.36. The largest absolute Gasteiger partial charge is 0.379 e. The van der Waals surface area contributed by atoms with Crippen LogP contribution in [0, 0.1) is 5.82 Å². The first-order chi connectivity index (χ1) is 9.65. The van der Waals surface area contributed by atoms with E-state index in [0.29, 0.717) is 25.3 Å². The minimum Gasteiger partial charge on any atom is -0.379 e. The van der Waals surface area contributed by atoms with E-state index >= 15 is 0 Å². The molecule has 0 amide bonds. The molecular formula is C16H15BrFNO. The van der Waals surface area contributed by atoms with Crippen molar-refractivity contribution >= 4 is 15.9 Å². The maximum Gasteiger partial charge on any atom is 0.127 e. The summed E-state index contributed by atoms with van der Waals surface area (Å²) in [5.41, 5.74) is 8.08. The number of benzene rings is 2. The minimum atomic E-state index is -0.404. The van der Waals surface area contributed by atoms with Gasteiger partial charge in [0.15, 0.2) is 0 Å². The van der Waals surface area contributed by atoms with Crippen molar-refractivity contribution in [3.05, 3.63) is 69.4 Å². The third kappa shape index (κ3) is 2.18. The molecule has 0 spiro atoms. The van der Waals surface area contributed by atoms with Crippen molar-refractivity contribution in [2.75, 3.05) is 13.2 Å². The lowest BCUT2D eigenvalue weighted by atomic mass is 9.72. The van der Waals surface area contributed by atoms with Gasteiger partial charge in [0.25, 0.3) is 0 Å². The maximum absolute atomic E-state index is 14.3. The van der Waals surface area contributed by atoms with E-state index in [-0.39, 0.29) is 5.82 Å². The molecule has 1 saturated heterocycles. The molecule has 1 aliphatic rings. The van der Waals surface area contributed by atoms with Gasteiger partial charge < -0.3 is 10.5 Å². The normalized spacial score (nSPS) is 16.8. The van der Waals surface area contributed by atoms with Crippen LogP contribution < -0.4 is 5.73 Å². The summed E-state index contributed by atoms with van der Waals surface area (Å²) in [6, 6.07) is 13.0. The molecule has 104 valence electrons. The average Bonchev–Trinajstić information content (AvgIpc) is 2.42. The highest BCUT2D eigenvalue weighted by Crippen LogP contribution is 2.41. The van der Waals surface area contributed by atoms with Gasteiger partial charge >= 0.3 is 0 Å². The number of hydrogen-bond acceptors (Lipinski definition) is 2. The van der Waals surface area contributed by atoms with Gasteiger partial charge in [0.05, 0.1) is 18.6 Å². The van der Waals surface area contributed by atoms with Crippen molar-refractivity contribution in [2.24, 2.45) is 5.73 Å². The van der Waals surface area contributed by atoms with Crippen molar-refractivity contribution in [1.29, 1.82) is 0 Å². The molecule has 0 unspecified atom stereocenters. The number of halogens is 2. The van der Waals surface area contributed by atoms with Gasteiger partial charge in [-0.25, -0.2) is 4.39 Å². The standard InChI is InChI=1S/C16H15BrFNO/c17-13-4-5-15(18)14(7-13)16(9-20-10-16)12-3-1-2-11(6-12)8-19/h1-7H,8-10,19H2. The predicted molar refractivity (Wildman–Crippen MR) is 80.0 cm³/mol. The van der Waals surface area contributed by atoms with Crippen LogP contribution in [0.2, 0.25) is 0 Å². The maximum atomic E-state index is 14.3. The molecule has 2 N–H and O–H groups in total. The zero-order chi connectivity index (χ0) is 14.2. The van der Waals surface area contributed by atoms with Crippen molar-refractivity contribution in [2.45, 2.75) is 12.0 Å². The number of hydrogen-bond donors (Lipinski definition) is 1. The first-order valence-electron chi connectivity index (χ1n) is 6.48. The number of rotatable bonds is 3. The molecule has 2 aromatic carbocycles. The Morgan fingerprint density at radius 2 is 2.00 bits per heavy atom. The van der Waals surface area contributed by atoms with Crippen LogP contribution in [0.3, 0.4) is 0 Å². The van der Waals surface area contributed by atoms with Crippen LogP contribution in [-0.2, 0) is 16.7 Å². The second-order valence-electron chi connectivity index (χ2n) is 5.10. The van der Waals surface area contributed by atoms with Gasteiger partial charge in [0, 0.05) is 16.6 Å². The Kier molecular flexibility index (Phi) is 3.63. The summed E-state index contributed by atoms with van der Waals surface area (Å²) in [6.45, 7) is 1.47. The number of ether oxygens (including phenoxy) is 1. The number of nitrogens with two attached hydrogens (primary N) is 1. The monoisotopic (exact) mass is 335 g/mol. The fourth-order valence-electron chi connectivity index (χ4n) is 2.64. The molecule has 0 aromatic heterocycles. The van der Waals surface area contributed by atoms with E-state index in [0.717, 1.165) is 15.6 Å². The second-order valence-corrected chi connectivity index (χ2v) is 6.02. The van der Waals surface area contributed by atoms with Gasteiger partial charge in [0.2, 0.25) is 0 Å². The molecule has 3 rings (SSSR count). The van der Waals surface area contributed by atoms with Crippen LogP contribution in [0.1, 0.15) is 16.7 Å². The van der Waals surface area contributed by atoms with E-state index in [1.165, 1.54) is 6.07 Å². The Bertz CT molecular complexity index is 640. The Labute approximate surface area is 125 Å². The van der Waals surface area contributed by atoms with E-state index in [2.05, 4.69) is 15.9 Å². The third-order valence-electron chi connectivity index (χ3n) is 3.86. The molecule has 2 aromatic rings. The van der Waals surface area contributed by atoms with Crippen LogP contribution in [0.5, 0.6) is 0 Å². The summed E-state index contributed by atoms with van der Waals surface area (Å²) >= 11 is 3.42. The topological polar surface area (TPSA) is 35.2 Å². The fourth-order valence-corrected chi connectivity index (χ4v) is 3.01. The Morgan fingerprint density at radius 1 is 1.20 bits per heavy atom. The first kappa shape index (κ1) is 13.7. The van der Waals surface area contributed by atoms with Crippen LogP contribution in [0.4, 0.5) is 4.39 Å². The molecular weight excluding hydrogens is 321 g/mol. The van der Waals surface area contributed by atoms with E-state index in [1.807, 2.05) is 30.3 Å². The first-order valence-corrected chi connectivity index (χ1v) is 7.28. The molecule has 1 heterocycles. The molecule has 1 aliphatic heterocycles. The fraction of sp³-hybridized carbons (Fsp3) is 0.250. The lowest BCUT2D eigenvalue weighted by Crippen LogP contribution is -2.48. The molecule has 0 radical (unpaired) electrons. The van der Waals surface area contributed by atoms with Crippen molar-refractivity contribution in [1.82, 2.24) is 0 Å². The van der Waals surface area contributed by atoms with Crippen LogP contribution in [0.15, 0.2) is 46.9 Å². The van der Waals surface area contributed by atoms with Crippen LogP contribution in [0.25, 0.3) is 0 Å². The summed E-state index contributed by atoms with van der Waals surface area (Å²) in [7, 11) is 0. The van der Waals surface area contributed by atoms with E-state index in [9.17, 15) is 4.39 Å². The van der Waals surface area contributed by atoms with Gasteiger partial charge in [-0.3, -0.25) is 0 Å². The quantitative estimate of drug-likeness (QED) is 0.933. The van der Waals surface area contributed by atoms with Crippen LogP contribution >= 0.6 is 15.9 Å². The molecule has 0 bridgehead atoms. The van der Waals surface area contributed by atoms with Crippen molar-refractivity contribution in [3.8, 4) is 0 Å². The average molecular weight is 336 g/mol. The molecule has 0 atom stereocenters. The van der Waals surface area contributed by atoms with Gasteiger partial charge in [-0.2, -0.15) is 0 Å². The smallest absolute Gasteiger partial charge is 0.127 e. The molecule has 0 saturated carbocycles. The highest BCUT2D eigenvalue weighted by atomic mass is 79.9.